The van der Waals surface area contributed by atoms with Crippen molar-refractivity contribution in [3.05, 3.63) is 17.6 Å². The second-order valence-electron chi connectivity index (χ2n) is 8.31. The zero-order chi connectivity index (χ0) is 17.5. The third kappa shape index (κ3) is 3.36. The summed E-state index contributed by atoms with van der Waals surface area (Å²) in [7, 11) is 3.47. The number of hydrogen-bond donors (Lipinski definition) is 1. The van der Waals surface area contributed by atoms with Crippen molar-refractivity contribution in [3.63, 3.8) is 0 Å². The van der Waals surface area contributed by atoms with Crippen LogP contribution in [-0.4, -0.2) is 35.8 Å². The minimum atomic E-state index is -0.101. The molecule has 1 aliphatic carbocycles. The van der Waals surface area contributed by atoms with Crippen LogP contribution in [0.15, 0.2) is 6.07 Å². The predicted octanol–water partition coefficient (Wildman–Crippen LogP) is 3.54. The monoisotopic (exact) mass is 321 g/mol. The van der Waals surface area contributed by atoms with Crippen LogP contribution in [0.4, 0.5) is 5.82 Å². The van der Waals surface area contributed by atoms with Gasteiger partial charge in [0.05, 0.1) is 17.9 Å². The van der Waals surface area contributed by atoms with Gasteiger partial charge in [0.25, 0.3) is 0 Å². The van der Waals surface area contributed by atoms with Crippen LogP contribution in [0, 0.1) is 5.41 Å². The van der Waals surface area contributed by atoms with Crippen LogP contribution in [-0.2, 0) is 21.5 Å². The molecule has 130 valence electrons. The molecule has 0 radical (unpaired) electrons. The fourth-order valence-electron chi connectivity index (χ4n) is 3.03. The molecule has 2 rings (SSSR count). The second-order valence-corrected chi connectivity index (χ2v) is 8.31. The second kappa shape index (κ2) is 6.02. The Kier molecular flexibility index (Phi) is 4.75. The molecule has 1 aromatic heterocycles. The third-order valence-corrected chi connectivity index (χ3v) is 5.34. The van der Waals surface area contributed by atoms with E-state index in [1.807, 2.05) is 6.07 Å². The zero-order valence-corrected chi connectivity index (χ0v) is 15.8. The first-order valence-corrected chi connectivity index (χ1v) is 8.22. The van der Waals surface area contributed by atoms with Gasteiger partial charge in [-0.1, -0.05) is 34.6 Å². The first-order valence-electron chi connectivity index (χ1n) is 8.22. The number of methoxy groups -OCH3 is 2. The van der Waals surface area contributed by atoms with Gasteiger partial charge in [-0.05, 0) is 13.3 Å². The maximum absolute atomic E-state index is 5.70. The smallest absolute Gasteiger partial charge is 0.136 e. The average Bonchev–Trinajstić information content (AvgIpc) is 2.45. The summed E-state index contributed by atoms with van der Waals surface area (Å²) < 4.78 is 11.0. The van der Waals surface area contributed by atoms with Gasteiger partial charge in [-0.3, -0.25) is 0 Å². The maximum Gasteiger partial charge on any atom is 0.136 e. The van der Waals surface area contributed by atoms with Gasteiger partial charge in [-0.2, -0.15) is 0 Å². The van der Waals surface area contributed by atoms with Crippen LogP contribution in [0.5, 0.6) is 0 Å². The Morgan fingerprint density at radius 2 is 1.87 bits per heavy atom. The molecule has 1 N–H and O–H groups in total. The summed E-state index contributed by atoms with van der Waals surface area (Å²) in [6, 6.07) is 2.31. The van der Waals surface area contributed by atoms with E-state index in [-0.39, 0.29) is 16.4 Å². The van der Waals surface area contributed by atoms with Crippen molar-refractivity contribution in [2.75, 3.05) is 19.5 Å². The molecule has 5 nitrogen and oxygen atoms in total. The number of nitrogens with zero attached hydrogens (tertiary/aromatic N) is 2. The molecule has 1 saturated carbocycles. The Morgan fingerprint density at radius 3 is 2.35 bits per heavy atom. The highest BCUT2D eigenvalue weighted by molar-refractivity contribution is 5.40. The number of anilines is 1. The Bertz CT molecular complexity index is 566. The average molecular weight is 321 g/mol. The van der Waals surface area contributed by atoms with Gasteiger partial charge in [-0.25, -0.2) is 9.97 Å². The van der Waals surface area contributed by atoms with Crippen LogP contribution >= 0.6 is 0 Å². The van der Waals surface area contributed by atoms with Crippen LogP contribution in [0.2, 0.25) is 0 Å². The summed E-state index contributed by atoms with van der Waals surface area (Å²) in [5.41, 5.74) is 0.744. The quantitative estimate of drug-likeness (QED) is 0.899. The predicted molar refractivity (Wildman–Crippen MR) is 92.7 cm³/mol. The van der Waals surface area contributed by atoms with E-state index in [1.165, 1.54) is 0 Å². The molecule has 0 aliphatic heterocycles. The fraction of sp³-hybridized carbons (Fsp3) is 0.778. The molecule has 1 aliphatic rings. The highest BCUT2D eigenvalue weighted by atomic mass is 16.5. The summed E-state index contributed by atoms with van der Waals surface area (Å²) in [4.78, 5) is 9.36. The van der Waals surface area contributed by atoms with E-state index < -0.39 is 0 Å². The highest BCUT2D eigenvalue weighted by Crippen LogP contribution is 2.52. The molecule has 2 atom stereocenters. The molecular weight excluding hydrogens is 290 g/mol. The van der Waals surface area contributed by atoms with Crippen LogP contribution in [0.25, 0.3) is 0 Å². The first kappa shape index (κ1) is 18.1. The lowest BCUT2D eigenvalue weighted by atomic mass is 9.56. The van der Waals surface area contributed by atoms with Gasteiger partial charge in [-0.15, -0.1) is 0 Å². The molecule has 1 aromatic rings. The normalized spacial score (nSPS) is 26.7. The van der Waals surface area contributed by atoms with Gasteiger partial charge in [0, 0.05) is 37.2 Å². The highest BCUT2D eigenvalue weighted by Gasteiger charge is 2.57. The van der Waals surface area contributed by atoms with E-state index in [1.54, 1.807) is 14.2 Å². The van der Waals surface area contributed by atoms with Gasteiger partial charge in [0.2, 0.25) is 0 Å². The van der Waals surface area contributed by atoms with Crippen molar-refractivity contribution in [3.8, 4) is 0 Å². The number of ether oxygens (including phenoxy) is 2. The van der Waals surface area contributed by atoms with E-state index in [0.29, 0.717) is 12.6 Å². The first-order chi connectivity index (χ1) is 10.5. The largest absolute Gasteiger partial charge is 0.378 e. The molecule has 0 aromatic carbocycles. The molecule has 0 spiro atoms. The van der Waals surface area contributed by atoms with Crippen LogP contribution in [0.3, 0.4) is 0 Å². The Hall–Kier alpha value is -1.20. The molecular formula is C18H31N3O2. The number of rotatable bonds is 5. The minimum absolute atomic E-state index is 0.0377. The molecule has 0 saturated heterocycles. The molecule has 1 heterocycles. The zero-order valence-electron chi connectivity index (χ0n) is 15.8. The van der Waals surface area contributed by atoms with Crippen molar-refractivity contribution in [2.45, 2.75) is 71.6 Å². The third-order valence-electron chi connectivity index (χ3n) is 5.34. The molecule has 0 bridgehead atoms. The summed E-state index contributed by atoms with van der Waals surface area (Å²) in [5, 5.41) is 3.58. The van der Waals surface area contributed by atoms with E-state index in [0.717, 1.165) is 23.8 Å². The number of aromatic nitrogens is 2. The Balaban J connectivity index is 2.25. The molecule has 0 amide bonds. The van der Waals surface area contributed by atoms with E-state index in [4.69, 9.17) is 14.5 Å². The van der Waals surface area contributed by atoms with Crippen molar-refractivity contribution in [1.29, 1.82) is 0 Å². The fourth-order valence-corrected chi connectivity index (χ4v) is 3.03. The van der Waals surface area contributed by atoms with E-state index in [2.05, 4.69) is 51.8 Å². The lowest BCUT2D eigenvalue weighted by Gasteiger charge is -2.59. The lowest BCUT2D eigenvalue weighted by Crippen LogP contribution is -2.65. The minimum Gasteiger partial charge on any atom is -0.378 e. The summed E-state index contributed by atoms with van der Waals surface area (Å²) in [5.74, 6) is 1.70. The van der Waals surface area contributed by atoms with Crippen molar-refractivity contribution < 1.29 is 9.47 Å². The molecule has 1 fully saturated rings. The van der Waals surface area contributed by atoms with Gasteiger partial charge in [0.1, 0.15) is 11.6 Å². The summed E-state index contributed by atoms with van der Waals surface area (Å²) in [6.07, 6.45) is 0.963. The SMILES string of the molecule is COCc1cc(NC2CC(C)(OC)C2(C)C)nc(C(C)(C)C)n1. The molecule has 5 heteroatoms. The van der Waals surface area contributed by atoms with Gasteiger partial charge in [0.15, 0.2) is 0 Å². The van der Waals surface area contributed by atoms with E-state index >= 15 is 0 Å². The van der Waals surface area contributed by atoms with Gasteiger partial charge >= 0.3 is 0 Å². The van der Waals surface area contributed by atoms with Crippen molar-refractivity contribution >= 4 is 5.82 Å². The van der Waals surface area contributed by atoms with Gasteiger partial charge < -0.3 is 14.8 Å². The maximum atomic E-state index is 5.70. The Labute approximate surface area is 140 Å². The molecule has 23 heavy (non-hydrogen) atoms. The summed E-state index contributed by atoms with van der Waals surface area (Å²) in [6.45, 7) is 13.5. The number of hydrogen-bond acceptors (Lipinski definition) is 5. The van der Waals surface area contributed by atoms with Crippen molar-refractivity contribution in [1.82, 2.24) is 9.97 Å². The standard InChI is InChI=1S/C18H31N3O2/c1-16(2,3)15-19-12(11-22-7)9-14(21-15)20-13-10-18(6,23-8)17(13,4)5/h9,13H,10-11H2,1-8H3,(H,19,20,21). The number of nitrogens with one attached hydrogen (secondary N) is 1. The molecule has 2 unspecified atom stereocenters. The lowest BCUT2D eigenvalue weighted by molar-refractivity contribution is -0.166. The van der Waals surface area contributed by atoms with Crippen LogP contribution in [0.1, 0.15) is 59.5 Å². The topological polar surface area (TPSA) is 56.3 Å². The van der Waals surface area contributed by atoms with Crippen molar-refractivity contribution in [2.24, 2.45) is 5.41 Å². The van der Waals surface area contributed by atoms with Crippen LogP contribution < -0.4 is 5.32 Å². The summed E-state index contributed by atoms with van der Waals surface area (Å²) >= 11 is 0. The van der Waals surface area contributed by atoms with E-state index in [9.17, 15) is 0 Å². The Morgan fingerprint density at radius 1 is 1.22 bits per heavy atom.